The summed E-state index contributed by atoms with van der Waals surface area (Å²) in [5.41, 5.74) is 3.74. The highest BCUT2D eigenvalue weighted by Gasteiger charge is 2.21. The molecule has 3 nitrogen and oxygen atoms in total. The molecule has 1 N–H and O–H groups in total. The average Bonchev–Trinajstić information content (AvgIpc) is 3.07. The Morgan fingerprint density at radius 3 is 2.19 bits per heavy atom. The average molecular weight is 283 g/mol. The maximum absolute atomic E-state index is 5.54. The number of hydrogen-bond donors (Lipinski definition) is 1. The highest BCUT2D eigenvalue weighted by Crippen LogP contribution is 2.25. The smallest absolute Gasteiger partial charge is 0.159 e. The van der Waals surface area contributed by atoms with Crippen LogP contribution < -0.4 is 5.32 Å². The van der Waals surface area contributed by atoms with E-state index in [9.17, 15) is 0 Å². The molecule has 1 saturated heterocycles. The van der Waals surface area contributed by atoms with Crippen LogP contribution >= 0.6 is 0 Å². The van der Waals surface area contributed by atoms with Gasteiger partial charge in [-0.2, -0.15) is 0 Å². The van der Waals surface area contributed by atoms with Crippen LogP contribution in [0.15, 0.2) is 54.6 Å². The van der Waals surface area contributed by atoms with E-state index in [1.807, 2.05) is 13.1 Å². The van der Waals surface area contributed by atoms with E-state index in [0.717, 1.165) is 6.42 Å². The molecular formula is C18H21NO2. The number of ether oxygens (including phenoxy) is 2. The lowest BCUT2D eigenvalue weighted by molar-refractivity contribution is -0.0526. The van der Waals surface area contributed by atoms with Gasteiger partial charge in [0.2, 0.25) is 0 Å². The summed E-state index contributed by atoms with van der Waals surface area (Å²) in [7, 11) is 1.98. The van der Waals surface area contributed by atoms with Gasteiger partial charge in [-0.15, -0.1) is 0 Å². The van der Waals surface area contributed by atoms with Crippen molar-refractivity contribution in [2.24, 2.45) is 0 Å². The molecule has 0 radical (unpaired) electrons. The third-order valence-electron chi connectivity index (χ3n) is 3.89. The Morgan fingerprint density at radius 1 is 0.952 bits per heavy atom. The molecule has 0 spiro atoms. The maximum Gasteiger partial charge on any atom is 0.159 e. The fraction of sp³-hybridized carbons (Fsp3) is 0.333. The third kappa shape index (κ3) is 3.50. The number of hydrogen-bond acceptors (Lipinski definition) is 3. The summed E-state index contributed by atoms with van der Waals surface area (Å²) in [5.74, 6) is 0. The van der Waals surface area contributed by atoms with E-state index in [0.29, 0.717) is 13.2 Å². The molecule has 1 atom stereocenters. The van der Waals surface area contributed by atoms with Crippen molar-refractivity contribution in [3.8, 4) is 11.1 Å². The monoisotopic (exact) mass is 283 g/mol. The highest BCUT2D eigenvalue weighted by molar-refractivity contribution is 5.63. The molecule has 0 aromatic heterocycles. The zero-order valence-electron chi connectivity index (χ0n) is 12.3. The Labute approximate surface area is 125 Å². The van der Waals surface area contributed by atoms with Crippen molar-refractivity contribution < 1.29 is 9.47 Å². The van der Waals surface area contributed by atoms with E-state index in [4.69, 9.17) is 9.47 Å². The van der Waals surface area contributed by atoms with E-state index in [2.05, 4.69) is 53.8 Å². The minimum absolute atomic E-state index is 0.0868. The molecule has 0 amide bonds. The Kier molecular flexibility index (Phi) is 4.65. The second-order valence-electron chi connectivity index (χ2n) is 5.24. The first-order chi connectivity index (χ1) is 10.4. The first-order valence-electron chi connectivity index (χ1n) is 7.42. The van der Waals surface area contributed by atoms with Crippen LogP contribution in [-0.2, 0) is 9.47 Å². The minimum atomic E-state index is -0.0868. The Hall–Kier alpha value is -1.68. The molecule has 0 saturated carbocycles. The molecule has 1 heterocycles. The van der Waals surface area contributed by atoms with Crippen molar-refractivity contribution in [2.45, 2.75) is 18.8 Å². The van der Waals surface area contributed by atoms with Crippen molar-refractivity contribution in [3.63, 3.8) is 0 Å². The van der Waals surface area contributed by atoms with Gasteiger partial charge in [-0.3, -0.25) is 0 Å². The molecule has 21 heavy (non-hydrogen) atoms. The summed E-state index contributed by atoms with van der Waals surface area (Å²) in [6.07, 6.45) is 0.748. The van der Waals surface area contributed by atoms with Gasteiger partial charge in [-0.1, -0.05) is 54.6 Å². The summed E-state index contributed by atoms with van der Waals surface area (Å²) in [6.45, 7) is 1.40. The fourth-order valence-electron chi connectivity index (χ4n) is 2.69. The largest absolute Gasteiger partial charge is 0.350 e. The maximum atomic E-state index is 5.54. The molecule has 1 unspecified atom stereocenters. The van der Waals surface area contributed by atoms with Crippen molar-refractivity contribution in [2.75, 3.05) is 20.3 Å². The van der Waals surface area contributed by atoms with Gasteiger partial charge in [0.15, 0.2) is 6.29 Å². The lowest BCUT2D eigenvalue weighted by atomic mass is 9.99. The van der Waals surface area contributed by atoms with Gasteiger partial charge in [-0.25, -0.2) is 0 Å². The second kappa shape index (κ2) is 6.85. The van der Waals surface area contributed by atoms with Gasteiger partial charge in [-0.05, 0) is 23.7 Å². The molecule has 0 aliphatic carbocycles. The van der Waals surface area contributed by atoms with Crippen LogP contribution in [0.3, 0.4) is 0 Å². The Balaban J connectivity index is 1.72. The van der Waals surface area contributed by atoms with Crippen molar-refractivity contribution >= 4 is 0 Å². The molecule has 2 aromatic carbocycles. The van der Waals surface area contributed by atoms with Gasteiger partial charge in [0, 0.05) is 12.5 Å². The molecule has 110 valence electrons. The lowest BCUT2D eigenvalue weighted by Gasteiger charge is -2.20. The van der Waals surface area contributed by atoms with Crippen LogP contribution in [0.25, 0.3) is 11.1 Å². The second-order valence-corrected chi connectivity index (χ2v) is 5.24. The molecule has 3 rings (SSSR count). The van der Waals surface area contributed by atoms with Crippen LogP contribution in [0.1, 0.15) is 18.0 Å². The number of benzene rings is 2. The minimum Gasteiger partial charge on any atom is -0.350 e. The summed E-state index contributed by atoms with van der Waals surface area (Å²) in [5, 5.41) is 3.34. The van der Waals surface area contributed by atoms with Crippen LogP contribution in [-0.4, -0.2) is 26.6 Å². The van der Waals surface area contributed by atoms with E-state index in [1.54, 1.807) is 0 Å². The zero-order chi connectivity index (χ0) is 14.5. The number of rotatable bonds is 5. The van der Waals surface area contributed by atoms with Crippen molar-refractivity contribution in [3.05, 3.63) is 60.2 Å². The summed E-state index contributed by atoms with van der Waals surface area (Å²) < 4.78 is 11.1. The van der Waals surface area contributed by atoms with Crippen LogP contribution in [0.4, 0.5) is 0 Å². The molecule has 0 bridgehead atoms. The Bertz CT molecular complexity index is 547. The summed E-state index contributed by atoms with van der Waals surface area (Å²) >= 11 is 0. The van der Waals surface area contributed by atoms with Gasteiger partial charge < -0.3 is 14.8 Å². The lowest BCUT2D eigenvalue weighted by Crippen LogP contribution is -2.22. The predicted molar refractivity (Wildman–Crippen MR) is 84.0 cm³/mol. The molecular weight excluding hydrogens is 262 g/mol. The molecule has 3 heteroatoms. The summed E-state index contributed by atoms with van der Waals surface area (Å²) in [4.78, 5) is 0. The van der Waals surface area contributed by atoms with Crippen molar-refractivity contribution in [1.29, 1.82) is 0 Å². The van der Waals surface area contributed by atoms with Gasteiger partial charge in [0.1, 0.15) is 0 Å². The quantitative estimate of drug-likeness (QED) is 0.912. The topological polar surface area (TPSA) is 30.5 Å². The third-order valence-corrected chi connectivity index (χ3v) is 3.89. The molecule has 1 aliphatic rings. The first-order valence-corrected chi connectivity index (χ1v) is 7.42. The summed E-state index contributed by atoms with van der Waals surface area (Å²) in [6, 6.07) is 19.4. The van der Waals surface area contributed by atoms with Crippen LogP contribution in [0.5, 0.6) is 0 Å². The van der Waals surface area contributed by atoms with Gasteiger partial charge in [0.25, 0.3) is 0 Å². The van der Waals surface area contributed by atoms with E-state index < -0.39 is 0 Å². The van der Waals surface area contributed by atoms with Crippen LogP contribution in [0, 0.1) is 0 Å². The van der Waals surface area contributed by atoms with E-state index in [-0.39, 0.29) is 12.3 Å². The zero-order valence-corrected chi connectivity index (χ0v) is 12.3. The van der Waals surface area contributed by atoms with Gasteiger partial charge in [0.05, 0.1) is 13.2 Å². The highest BCUT2D eigenvalue weighted by atomic mass is 16.7. The standard InChI is InChI=1S/C18H21NO2/c1-19-17(13-18-20-11-12-21-18)16-9-7-15(8-10-16)14-5-3-2-4-6-14/h2-10,17-19H,11-13H2,1H3. The van der Waals surface area contributed by atoms with E-state index in [1.165, 1.54) is 16.7 Å². The first kappa shape index (κ1) is 14.3. The molecule has 1 aliphatic heterocycles. The molecule has 2 aromatic rings. The normalized spacial score (nSPS) is 17.0. The van der Waals surface area contributed by atoms with Crippen LogP contribution in [0.2, 0.25) is 0 Å². The number of nitrogens with one attached hydrogen (secondary N) is 1. The molecule has 1 fully saturated rings. The van der Waals surface area contributed by atoms with Gasteiger partial charge >= 0.3 is 0 Å². The predicted octanol–water partition coefficient (Wildman–Crippen LogP) is 3.38. The SMILES string of the molecule is CNC(CC1OCCO1)c1ccc(-c2ccccc2)cc1. The Morgan fingerprint density at radius 2 is 1.57 bits per heavy atom. The van der Waals surface area contributed by atoms with Crippen molar-refractivity contribution in [1.82, 2.24) is 5.32 Å². The van der Waals surface area contributed by atoms with E-state index >= 15 is 0 Å². The fourth-order valence-corrected chi connectivity index (χ4v) is 2.69.